The normalized spacial score (nSPS) is 16.6. The Morgan fingerprint density at radius 2 is 1.63 bits per heavy atom. The average Bonchev–Trinajstić information content (AvgIpc) is 2.62. The van der Waals surface area contributed by atoms with Gasteiger partial charge in [0, 0.05) is 6.04 Å². The molecule has 7 nitrogen and oxygen atoms in total. The first-order valence-electron chi connectivity index (χ1n) is 9.33. The highest BCUT2D eigenvalue weighted by Gasteiger charge is 2.22. The molecule has 2 N–H and O–H groups in total. The molecule has 150 valence electrons. The van der Waals surface area contributed by atoms with Crippen molar-refractivity contribution in [1.82, 2.24) is 10.0 Å². The smallest absolute Gasteiger partial charge is 0.328 e. The van der Waals surface area contributed by atoms with E-state index < -0.39 is 22.2 Å². The monoisotopic (exact) mass is 396 g/mol. The van der Waals surface area contributed by atoms with Gasteiger partial charge in [0.2, 0.25) is 0 Å². The average molecular weight is 397 g/mol. The van der Waals surface area contributed by atoms with Gasteiger partial charge in [-0.1, -0.05) is 45.2 Å². The van der Waals surface area contributed by atoms with Crippen molar-refractivity contribution in [3.8, 4) is 0 Å². The number of hydrogen-bond donors (Lipinski definition) is 2. The predicted molar refractivity (Wildman–Crippen MR) is 102 cm³/mol. The summed E-state index contributed by atoms with van der Waals surface area (Å²) in [4.78, 5) is 23.6. The second-order valence-electron chi connectivity index (χ2n) is 7.22. The minimum absolute atomic E-state index is 0.0209. The number of carbonyl (C=O) groups is 2. The summed E-state index contributed by atoms with van der Waals surface area (Å²) >= 11 is 0. The number of nitrogens with one attached hydrogen (secondary N) is 2. The number of amides is 2. The van der Waals surface area contributed by atoms with Crippen LogP contribution >= 0.6 is 0 Å². The molecule has 2 amide bonds. The van der Waals surface area contributed by atoms with Gasteiger partial charge in [0.1, 0.15) is 6.10 Å². The van der Waals surface area contributed by atoms with Gasteiger partial charge in [-0.25, -0.2) is 17.9 Å². The molecule has 1 fully saturated rings. The van der Waals surface area contributed by atoms with Crippen molar-refractivity contribution in [2.75, 3.05) is 0 Å². The Bertz CT molecular complexity index is 753. The second-order valence-corrected chi connectivity index (χ2v) is 8.90. The van der Waals surface area contributed by atoms with E-state index in [1.165, 1.54) is 12.1 Å². The first-order valence-corrected chi connectivity index (χ1v) is 10.8. The van der Waals surface area contributed by atoms with E-state index in [-0.39, 0.29) is 22.8 Å². The van der Waals surface area contributed by atoms with Crippen molar-refractivity contribution in [1.29, 1.82) is 0 Å². The summed E-state index contributed by atoms with van der Waals surface area (Å²) in [6.07, 6.45) is 4.48. The number of carbonyl (C=O) groups excluding carboxylic acids is 2. The molecular formula is C19H28N2O5S. The maximum atomic E-state index is 12.4. The maximum Gasteiger partial charge on any atom is 0.328 e. The Morgan fingerprint density at radius 1 is 1.04 bits per heavy atom. The summed E-state index contributed by atoms with van der Waals surface area (Å²) in [5.41, 5.74) is 0.676. The van der Waals surface area contributed by atoms with E-state index in [0.717, 1.165) is 32.1 Å². The molecule has 0 saturated heterocycles. The van der Waals surface area contributed by atoms with Gasteiger partial charge >= 0.3 is 12.0 Å². The van der Waals surface area contributed by atoms with E-state index in [4.69, 9.17) is 4.74 Å². The largest absolute Gasteiger partial charge is 0.458 e. The van der Waals surface area contributed by atoms with Crippen LogP contribution in [-0.2, 0) is 19.6 Å². The first-order chi connectivity index (χ1) is 12.7. The third kappa shape index (κ3) is 6.23. The van der Waals surface area contributed by atoms with Gasteiger partial charge in [-0.15, -0.1) is 0 Å². The topological polar surface area (TPSA) is 102 Å². The van der Waals surface area contributed by atoms with Crippen LogP contribution in [0.2, 0.25) is 0 Å². The summed E-state index contributed by atoms with van der Waals surface area (Å²) in [6, 6.07) is 5.26. The van der Waals surface area contributed by atoms with Crippen molar-refractivity contribution in [3.63, 3.8) is 0 Å². The van der Waals surface area contributed by atoms with Crippen LogP contribution in [0.4, 0.5) is 4.79 Å². The van der Waals surface area contributed by atoms with Crippen LogP contribution < -0.4 is 10.0 Å². The zero-order valence-corrected chi connectivity index (χ0v) is 16.8. The number of sulfonamides is 1. The Morgan fingerprint density at radius 3 is 2.19 bits per heavy atom. The van der Waals surface area contributed by atoms with E-state index >= 15 is 0 Å². The third-order valence-electron chi connectivity index (χ3n) is 4.59. The van der Waals surface area contributed by atoms with E-state index in [9.17, 15) is 18.0 Å². The third-order valence-corrected chi connectivity index (χ3v) is 5.94. The van der Waals surface area contributed by atoms with E-state index in [0.29, 0.717) is 5.56 Å². The molecule has 0 aromatic heterocycles. The van der Waals surface area contributed by atoms with Crippen LogP contribution in [0.1, 0.15) is 64.5 Å². The zero-order valence-electron chi connectivity index (χ0n) is 16.0. The van der Waals surface area contributed by atoms with Crippen molar-refractivity contribution < 1.29 is 22.7 Å². The van der Waals surface area contributed by atoms with Gasteiger partial charge in [0.25, 0.3) is 10.0 Å². The fraction of sp³-hybridized carbons (Fsp3) is 0.579. The molecule has 1 aliphatic carbocycles. The SMILES string of the molecule is CC(C)C(=O)OC(C)c1ccc(S(=O)(=O)NC(=O)NC2CCCCC2)cc1. The molecule has 0 heterocycles. The number of urea groups is 1. The summed E-state index contributed by atoms with van der Waals surface area (Å²) in [5, 5.41) is 2.72. The van der Waals surface area contributed by atoms with Gasteiger partial charge < -0.3 is 10.1 Å². The number of benzene rings is 1. The summed E-state index contributed by atoms with van der Waals surface area (Å²) in [7, 11) is -3.96. The highest BCUT2D eigenvalue weighted by Crippen LogP contribution is 2.21. The summed E-state index contributed by atoms with van der Waals surface area (Å²) < 4.78 is 32.1. The number of rotatable bonds is 6. The highest BCUT2D eigenvalue weighted by atomic mass is 32.2. The van der Waals surface area contributed by atoms with Crippen LogP contribution in [-0.4, -0.2) is 26.5 Å². The Kier molecular flexibility index (Phi) is 7.24. The highest BCUT2D eigenvalue weighted by molar-refractivity contribution is 7.90. The fourth-order valence-electron chi connectivity index (χ4n) is 2.94. The lowest BCUT2D eigenvalue weighted by molar-refractivity contribution is -0.152. The first kappa shape index (κ1) is 21.2. The number of esters is 1. The quantitative estimate of drug-likeness (QED) is 0.719. The lowest BCUT2D eigenvalue weighted by atomic mass is 9.96. The van der Waals surface area contributed by atoms with Gasteiger partial charge in [-0.2, -0.15) is 0 Å². The lowest BCUT2D eigenvalue weighted by Crippen LogP contribution is -2.45. The molecular weight excluding hydrogens is 368 g/mol. The molecule has 2 rings (SSSR count). The van der Waals surface area contributed by atoms with Crippen LogP contribution in [0, 0.1) is 5.92 Å². The van der Waals surface area contributed by atoms with Crippen LogP contribution in [0.3, 0.4) is 0 Å². The molecule has 1 unspecified atom stereocenters. The number of hydrogen-bond acceptors (Lipinski definition) is 5. The Hall–Kier alpha value is -2.09. The molecule has 1 atom stereocenters. The van der Waals surface area contributed by atoms with Crippen molar-refractivity contribution >= 4 is 22.0 Å². The minimum atomic E-state index is -3.96. The lowest BCUT2D eigenvalue weighted by Gasteiger charge is -2.22. The molecule has 27 heavy (non-hydrogen) atoms. The molecule has 8 heteroatoms. The Labute approximate surface area is 160 Å². The van der Waals surface area contributed by atoms with Crippen molar-refractivity contribution in [2.45, 2.75) is 69.9 Å². The number of ether oxygens (including phenoxy) is 1. The minimum Gasteiger partial charge on any atom is -0.458 e. The molecule has 1 saturated carbocycles. The molecule has 0 bridgehead atoms. The summed E-state index contributed by atoms with van der Waals surface area (Å²) in [6.45, 7) is 5.21. The van der Waals surface area contributed by atoms with Gasteiger partial charge in [0.15, 0.2) is 0 Å². The molecule has 1 aliphatic rings. The predicted octanol–water partition coefficient (Wildman–Crippen LogP) is 3.27. The van der Waals surface area contributed by atoms with Crippen molar-refractivity contribution in [3.05, 3.63) is 29.8 Å². The van der Waals surface area contributed by atoms with E-state index in [2.05, 4.69) is 10.0 Å². The molecule has 0 radical (unpaired) electrons. The second kappa shape index (κ2) is 9.21. The van der Waals surface area contributed by atoms with Crippen molar-refractivity contribution in [2.24, 2.45) is 5.92 Å². The maximum absolute atomic E-state index is 12.4. The van der Waals surface area contributed by atoms with Gasteiger partial charge in [-0.3, -0.25) is 4.79 Å². The van der Waals surface area contributed by atoms with E-state index in [1.54, 1.807) is 32.9 Å². The van der Waals surface area contributed by atoms with E-state index in [1.807, 2.05) is 0 Å². The fourth-order valence-corrected chi connectivity index (χ4v) is 3.85. The van der Waals surface area contributed by atoms with Crippen LogP contribution in [0.5, 0.6) is 0 Å². The zero-order chi connectivity index (χ0) is 20.0. The summed E-state index contributed by atoms with van der Waals surface area (Å²) in [5.74, 6) is -0.556. The molecule has 0 spiro atoms. The molecule has 1 aromatic rings. The Balaban J connectivity index is 1.97. The molecule has 0 aliphatic heterocycles. The van der Waals surface area contributed by atoms with Gasteiger partial charge in [0.05, 0.1) is 10.8 Å². The van der Waals surface area contributed by atoms with Crippen LogP contribution in [0.15, 0.2) is 29.2 Å². The van der Waals surface area contributed by atoms with Gasteiger partial charge in [-0.05, 0) is 37.5 Å². The van der Waals surface area contributed by atoms with Crippen LogP contribution in [0.25, 0.3) is 0 Å². The molecule has 1 aromatic carbocycles. The standard InChI is InChI=1S/C19H28N2O5S/c1-13(2)18(22)26-14(3)15-9-11-17(12-10-15)27(24,25)21-19(23)20-16-7-5-4-6-8-16/h9-14,16H,4-8H2,1-3H3,(H2,20,21,23).